The van der Waals surface area contributed by atoms with Crippen LogP contribution >= 0.6 is 0 Å². The smallest absolute Gasteiger partial charge is 0.237 e. The van der Waals surface area contributed by atoms with Crippen molar-refractivity contribution >= 4 is 37.0 Å². The standard InChI is InChI=1S/C21H32N4O5S2/c22-7-12-32(29,30)15-20(26)25-9-6-21(17-25)5-8-24(16-21)19-3-1-18(2-4-19)23-10-13-31(27,28)14-11-23/h1-4H,5-17,22H2. The monoisotopic (exact) mass is 484 g/mol. The van der Waals surface area contributed by atoms with Gasteiger partial charge in [-0.1, -0.05) is 0 Å². The lowest BCUT2D eigenvalue weighted by molar-refractivity contribution is -0.127. The number of benzene rings is 1. The van der Waals surface area contributed by atoms with Crippen molar-refractivity contribution in [3.05, 3.63) is 24.3 Å². The molecule has 4 rings (SSSR count). The second-order valence-corrected chi connectivity index (χ2v) is 13.8. The highest BCUT2D eigenvalue weighted by Gasteiger charge is 2.45. The Balaban J connectivity index is 1.34. The summed E-state index contributed by atoms with van der Waals surface area (Å²) in [5.74, 6) is -0.530. The minimum absolute atomic E-state index is 0.00713. The molecule has 1 aromatic rings. The number of nitrogens with zero attached hydrogens (tertiary/aromatic N) is 3. The average molecular weight is 485 g/mol. The Labute approximate surface area is 190 Å². The molecule has 2 N–H and O–H groups in total. The van der Waals surface area contributed by atoms with E-state index in [2.05, 4.69) is 21.9 Å². The number of nitrogens with two attached hydrogens (primary N) is 1. The highest BCUT2D eigenvalue weighted by molar-refractivity contribution is 7.92. The summed E-state index contributed by atoms with van der Waals surface area (Å²) in [7, 11) is -6.34. The van der Waals surface area contributed by atoms with Gasteiger partial charge in [-0.15, -0.1) is 0 Å². The summed E-state index contributed by atoms with van der Waals surface area (Å²) in [6.07, 6.45) is 1.85. The zero-order valence-corrected chi connectivity index (χ0v) is 19.9. The summed E-state index contributed by atoms with van der Waals surface area (Å²) in [4.78, 5) is 18.6. The molecule has 32 heavy (non-hydrogen) atoms. The van der Waals surface area contributed by atoms with E-state index in [1.165, 1.54) is 0 Å². The van der Waals surface area contributed by atoms with E-state index in [4.69, 9.17) is 5.73 Å². The summed E-state index contributed by atoms with van der Waals surface area (Å²) in [5.41, 5.74) is 7.49. The Morgan fingerprint density at radius 1 is 0.938 bits per heavy atom. The number of hydrogen-bond donors (Lipinski definition) is 1. The Morgan fingerprint density at radius 2 is 1.53 bits per heavy atom. The fourth-order valence-electron chi connectivity index (χ4n) is 5.01. The molecule has 1 amide bonds. The molecule has 1 aromatic carbocycles. The Kier molecular flexibility index (Phi) is 6.43. The van der Waals surface area contributed by atoms with Gasteiger partial charge in [0.2, 0.25) is 5.91 Å². The first-order chi connectivity index (χ1) is 15.1. The lowest BCUT2D eigenvalue weighted by Gasteiger charge is -2.29. The van der Waals surface area contributed by atoms with Crippen molar-refractivity contribution in [1.29, 1.82) is 0 Å². The van der Waals surface area contributed by atoms with E-state index < -0.39 is 25.4 Å². The van der Waals surface area contributed by atoms with Gasteiger partial charge >= 0.3 is 0 Å². The van der Waals surface area contributed by atoms with E-state index in [-0.39, 0.29) is 35.1 Å². The molecule has 11 heteroatoms. The number of likely N-dealkylation sites (tertiary alicyclic amines) is 1. The minimum atomic E-state index is -3.44. The lowest BCUT2D eigenvalue weighted by atomic mass is 9.86. The Hall–Kier alpha value is -1.85. The average Bonchev–Trinajstić information content (AvgIpc) is 3.35. The molecule has 1 atom stereocenters. The number of anilines is 2. The van der Waals surface area contributed by atoms with Crippen LogP contribution in [0, 0.1) is 5.41 Å². The first-order valence-corrected chi connectivity index (χ1v) is 14.7. The summed E-state index contributed by atoms with van der Waals surface area (Å²) >= 11 is 0. The molecule has 3 fully saturated rings. The van der Waals surface area contributed by atoms with Gasteiger partial charge in [0.1, 0.15) is 5.75 Å². The topological polar surface area (TPSA) is 121 Å². The number of sulfone groups is 2. The highest BCUT2D eigenvalue weighted by atomic mass is 32.2. The molecule has 3 aliphatic heterocycles. The minimum Gasteiger partial charge on any atom is -0.371 e. The predicted molar refractivity (Wildman–Crippen MR) is 125 cm³/mol. The van der Waals surface area contributed by atoms with E-state index in [0.29, 0.717) is 26.2 Å². The summed E-state index contributed by atoms with van der Waals surface area (Å²) in [6, 6.07) is 8.25. The SMILES string of the molecule is NCCS(=O)(=O)CC(=O)N1CCC2(CCN(c3ccc(N4CCS(=O)(=O)CC4)cc3)C2)C1. The molecule has 0 saturated carbocycles. The predicted octanol–water partition coefficient (Wildman–Crippen LogP) is -0.276. The van der Waals surface area contributed by atoms with Gasteiger partial charge < -0.3 is 20.4 Å². The molecule has 0 radical (unpaired) electrons. The van der Waals surface area contributed by atoms with Crippen molar-refractivity contribution in [2.75, 3.05) is 78.6 Å². The molecule has 9 nitrogen and oxygen atoms in total. The van der Waals surface area contributed by atoms with Crippen molar-refractivity contribution in [2.24, 2.45) is 11.1 Å². The zero-order chi connectivity index (χ0) is 23.0. The fraction of sp³-hybridized carbons (Fsp3) is 0.667. The first kappa shape index (κ1) is 23.3. The van der Waals surface area contributed by atoms with Crippen LogP contribution in [0.25, 0.3) is 0 Å². The van der Waals surface area contributed by atoms with E-state index in [9.17, 15) is 21.6 Å². The van der Waals surface area contributed by atoms with Crippen LogP contribution in [0.4, 0.5) is 11.4 Å². The van der Waals surface area contributed by atoms with Crippen molar-refractivity contribution < 1.29 is 21.6 Å². The molecule has 0 aromatic heterocycles. The van der Waals surface area contributed by atoms with Crippen molar-refractivity contribution in [1.82, 2.24) is 4.90 Å². The van der Waals surface area contributed by atoms with Crippen LogP contribution < -0.4 is 15.5 Å². The lowest BCUT2D eigenvalue weighted by Crippen LogP contribution is -2.40. The summed E-state index contributed by atoms with van der Waals surface area (Å²) in [5, 5.41) is 0. The first-order valence-electron chi connectivity index (χ1n) is 11.1. The van der Waals surface area contributed by atoms with Crippen LogP contribution in [0.3, 0.4) is 0 Å². The fourth-order valence-corrected chi connectivity index (χ4v) is 7.28. The molecule has 3 heterocycles. The van der Waals surface area contributed by atoms with Crippen molar-refractivity contribution in [3.63, 3.8) is 0 Å². The third-order valence-corrected chi connectivity index (χ3v) is 10.1. The van der Waals surface area contributed by atoms with Crippen LogP contribution in [0.5, 0.6) is 0 Å². The van der Waals surface area contributed by atoms with E-state index in [1.807, 2.05) is 12.1 Å². The molecule has 3 saturated heterocycles. The largest absolute Gasteiger partial charge is 0.371 e. The maximum atomic E-state index is 12.5. The normalized spacial score (nSPS) is 25.6. The number of rotatable bonds is 6. The number of amides is 1. The third kappa shape index (κ3) is 5.20. The second-order valence-electron chi connectivity index (χ2n) is 9.27. The Morgan fingerprint density at radius 3 is 2.16 bits per heavy atom. The van der Waals surface area contributed by atoms with Gasteiger partial charge in [-0.2, -0.15) is 0 Å². The summed E-state index contributed by atoms with van der Waals surface area (Å²) < 4.78 is 47.2. The maximum Gasteiger partial charge on any atom is 0.237 e. The van der Waals surface area contributed by atoms with Gasteiger partial charge in [-0.25, -0.2) is 16.8 Å². The summed E-state index contributed by atoms with van der Waals surface area (Å²) in [6.45, 7) is 4.02. The maximum absolute atomic E-state index is 12.5. The van der Waals surface area contributed by atoms with Gasteiger partial charge in [-0.3, -0.25) is 4.79 Å². The molecule has 0 bridgehead atoms. The van der Waals surface area contributed by atoms with Crippen LogP contribution in [0.1, 0.15) is 12.8 Å². The van der Waals surface area contributed by atoms with Crippen LogP contribution in [0.2, 0.25) is 0 Å². The van der Waals surface area contributed by atoms with Gasteiger partial charge in [0.25, 0.3) is 0 Å². The molecule has 1 spiro atoms. The molecule has 0 aliphatic carbocycles. The number of carbonyl (C=O) groups excluding carboxylic acids is 1. The quantitative estimate of drug-likeness (QED) is 0.585. The van der Waals surface area contributed by atoms with Crippen molar-refractivity contribution in [3.8, 4) is 0 Å². The number of carbonyl (C=O) groups is 1. The molecule has 3 aliphatic rings. The van der Waals surface area contributed by atoms with Gasteiger partial charge in [0.15, 0.2) is 19.7 Å². The van der Waals surface area contributed by atoms with Crippen molar-refractivity contribution in [2.45, 2.75) is 12.8 Å². The van der Waals surface area contributed by atoms with Gasteiger partial charge in [0.05, 0.1) is 17.3 Å². The molecular weight excluding hydrogens is 452 g/mol. The van der Waals surface area contributed by atoms with Gasteiger partial charge in [-0.05, 0) is 37.1 Å². The zero-order valence-electron chi connectivity index (χ0n) is 18.3. The van der Waals surface area contributed by atoms with E-state index in [1.54, 1.807) is 4.90 Å². The number of hydrogen-bond acceptors (Lipinski definition) is 8. The van der Waals surface area contributed by atoms with Crippen LogP contribution in [-0.4, -0.2) is 96.5 Å². The Bertz CT molecular complexity index is 1040. The highest BCUT2D eigenvalue weighted by Crippen LogP contribution is 2.41. The van der Waals surface area contributed by atoms with Crippen LogP contribution in [-0.2, 0) is 24.5 Å². The van der Waals surface area contributed by atoms with E-state index >= 15 is 0 Å². The second kappa shape index (κ2) is 8.83. The molecular formula is C21H32N4O5S2. The molecule has 1 unspecified atom stereocenters. The third-order valence-electron chi connectivity index (χ3n) is 6.93. The van der Waals surface area contributed by atoms with Crippen LogP contribution in [0.15, 0.2) is 24.3 Å². The van der Waals surface area contributed by atoms with E-state index in [0.717, 1.165) is 37.3 Å². The van der Waals surface area contributed by atoms with Gasteiger partial charge in [0, 0.05) is 62.6 Å². The molecule has 178 valence electrons.